The number of hydrogen-bond donors (Lipinski definition) is 5. The van der Waals surface area contributed by atoms with Crippen LogP contribution in [-0.4, -0.2) is 80.6 Å². The Hall–Kier alpha value is -5.78. The zero-order valence-corrected chi connectivity index (χ0v) is 30.1. The summed E-state index contributed by atoms with van der Waals surface area (Å²) < 4.78 is 0. The van der Waals surface area contributed by atoms with Crippen molar-refractivity contribution in [3.63, 3.8) is 0 Å². The van der Waals surface area contributed by atoms with Crippen molar-refractivity contribution in [2.45, 2.75) is 50.2 Å². The number of aliphatic hydroxyl groups is 1. The molecule has 6 rings (SSSR count). The SMILES string of the molecule is O=C(CCc1ccc(C(=O)N(CCCNC[C@H](O)c2ccc(O)c3[nH]c(=O)ccc23)Cc2ccccc2)cc1)N1CCC(C(=O)O)(c2ccccc2)CC1. The van der Waals surface area contributed by atoms with Crippen molar-refractivity contribution >= 4 is 28.7 Å². The number of phenols is 1. The maximum absolute atomic E-state index is 13.8. The van der Waals surface area contributed by atoms with E-state index < -0.39 is 17.5 Å². The number of piperidine rings is 1. The van der Waals surface area contributed by atoms with Gasteiger partial charge < -0.3 is 35.4 Å². The molecule has 4 aromatic carbocycles. The Kier molecular flexibility index (Phi) is 12.2. The minimum absolute atomic E-state index is 0.00914. The van der Waals surface area contributed by atoms with Gasteiger partial charge in [-0.1, -0.05) is 78.9 Å². The van der Waals surface area contributed by atoms with E-state index in [-0.39, 0.29) is 35.2 Å². The largest absolute Gasteiger partial charge is 0.506 e. The number of likely N-dealkylation sites (tertiary alicyclic amines) is 1. The Balaban J connectivity index is 1.01. The van der Waals surface area contributed by atoms with Crippen LogP contribution in [0.2, 0.25) is 0 Å². The molecule has 1 aromatic heterocycles. The van der Waals surface area contributed by atoms with Crippen LogP contribution in [0, 0.1) is 0 Å². The lowest BCUT2D eigenvalue weighted by Gasteiger charge is -2.39. The fourth-order valence-corrected chi connectivity index (χ4v) is 7.28. The molecule has 0 spiro atoms. The van der Waals surface area contributed by atoms with Crippen LogP contribution >= 0.6 is 0 Å². The number of nitrogens with zero attached hydrogens (tertiary/aromatic N) is 2. The molecule has 1 aliphatic rings. The van der Waals surface area contributed by atoms with Crippen molar-refractivity contribution in [3.8, 4) is 5.75 Å². The molecular formula is C43H46N4O7. The summed E-state index contributed by atoms with van der Waals surface area (Å²) in [6.45, 7) is 2.46. The highest BCUT2D eigenvalue weighted by molar-refractivity contribution is 5.94. The van der Waals surface area contributed by atoms with E-state index in [0.717, 1.165) is 16.7 Å². The van der Waals surface area contributed by atoms with Crippen molar-refractivity contribution in [1.29, 1.82) is 0 Å². The summed E-state index contributed by atoms with van der Waals surface area (Å²) in [4.78, 5) is 57.2. The minimum atomic E-state index is -0.984. The number of aryl methyl sites for hydroxylation is 1. The third-order valence-electron chi connectivity index (χ3n) is 10.4. The number of amides is 2. The Morgan fingerprint density at radius 3 is 2.22 bits per heavy atom. The fourth-order valence-electron chi connectivity index (χ4n) is 7.28. The number of H-pyrrole nitrogens is 1. The topological polar surface area (TPSA) is 163 Å². The van der Waals surface area contributed by atoms with Crippen LogP contribution in [0.25, 0.3) is 10.9 Å². The number of aromatic nitrogens is 1. The van der Waals surface area contributed by atoms with Crippen molar-refractivity contribution in [2.24, 2.45) is 0 Å². The maximum Gasteiger partial charge on any atom is 0.314 e. The summed E-state index contributed by atoms with van der Waals surface area (Å²) in [5.41, 5.74) is 2.79. The first-order valence-electron chi connectivity index (χ1n) is 18.4. The molecule has 2 amide bonds. The van der Waals surface area contributed by atoms with E-state index in [4.69, 9.17) is 0 Å². The number of phenolic OH excluding ortho intramolecular Hbond substituents is 1. The fraction of sp³-hybridized carbons (Fsp3) is 0.302. The molecule has 11 heteroatoms. The van der Waals surface area contributed by atoms with Gasteiger partial charge in [0.25, 0.3) is 5.91 Å². The number of benzene rings is 4. The Morgan fingerprint density at radius 2 is 1.54 bits per heavy atom. The second kappa shape index (κ2) is 17.4. The first kappa shape index (κ1) is 38.0. The number of aromatic amines is 1. The number of nitrogens with one attached hydrogen (secondary N) is 2. The highest BCUT2D eigenvalue weighted by atomic mass is 16.4. The second-order valence-corrected chi connectivity index (χ2v) is 13.9. The molecule has 2 heterocycles. The van der Waals surface area contributed by atoms with Gasteiger partial charge in [0.05, 0.1) is 17.0 Å². The summed E-state index contributed by atoms with van der Waals surface area (Å²) in [5.74, 6) is -1.04. The molecule has 280 valence electrons. The highest BCUT2D eigenvalue weighted by Gasteiger charge is 2.43. The summed E-state index contributed by atoms with van der Waals surface area (Å²) in [6.07, 6.45) is 1.29. The lowest BCUT2D eigenvalue weighted by Crippen LogP contribution is -2.49. The van der Waals surface area contributed by atoms with Crippen LogP contribution in [0.15, 0.2) is 114 Å². The van der Waals surface area contributed by atoms with Gasteiger partial charge in [0.15, 0.2) is 0 Å². The number of rotatable bonds is 15. The quantitative estimate of drug-likeness (QED) is 0.0923. The van der Waals surface area contributed by atoms with E-state index in [0.29, 0.717) is 81.3 Å². The van der Waals surface area contributed by atoms with E-state index in [1.807, 2.05) is 72.8 Å². The first-order chi connectivity index (χ1) is 26.1. The van der Waals surface area contributed by atoms with Crippen LogP contribution in [0.3, 0.4) is 0 Å². The molecule has 0 bridgehead atoms. The molecule has 5 N–H and O–H groups in total. The molecule has 11 nitrogen and oxygen atoms in total. The van der Waals surface area contributed by atoms with E-state index >= 15 is 0 Å². The number of aliphatic hydroxyl groups excluding tert-OH is 1. The number of aliphatic carboxylic acids is 1. The van der Waals surface area contributed by atoms with Gasteiger partial charge in [-0.05, 0) is 78.7 Å². The van der Waals surface area contributed by atoms with E-state index in [1.165, 1.54) is 12.1 Å². The zero-order chi connectivity index (χ0) is 38.1. The molecular weight excluding hydrogens is 684 g/mol. The molecule has 1 aliphatic heterocycles. The summed E-state index contributed by atoms with van der Waals surface area (Å²) >= 11 is 0. The number of carboxylic acids is 1. The smallest absolute Gasteiger partial charge is 0.314 e. The number of pyridine rings is 1. The number of carbonyl (C=O) groups excluding carboxylic acids is 2. The second-order valence-electron chi connectivity index (χ2n) is 13.9. The van der Waals surface area contributed by atoms with Gasteiger partial charge in [0.2, 0.25) is 11.5 Å². The van der Waals surface area contributed by atoms with E-state index in [9.17, 15) is 34.5 Å². The predicted molar refractivity (Wildman–Crippen MR) is 206 cm³/mol. The number of fused-ring (bicyclic) bond motifs is 1. The molecule has 1 saturated heterocycles. The predicted octanol–water partition coefficient (Wildman–Crippen LogP) is 5.17. The molecule has 1 fully saturated rings. The average molecular weight is 731 g/mol. The Bertz CT molecular complexity index is 2110. The van der Waals surface area contributed by atoms with Crippen molar-refractivity contribution in [1.82, 2.24) is 20.1 Å². The normalized spacial score (nSPS) is 14.4. The number of aromatic hydroxyl groups is 1. The van der Waals surface area contributed by atoms with E-state index in [1.54, 1.807) is 34.1 Å². The Morgan fingerprint density at radius 1 is 0.852 bits per heavy atom. The van der Waals surface area contributed by atoms with Crippen molar-refractivity contribution < 1.29 is 29.7 Å². The molecule has 5 aromatic rings. The Labute approximate surface area is 313 Å². The maximum atomic E-state index is 13.8. The highest BCUT2D eigenvalue weighted by Crippen LogP contribution is 2.36. The molecule has 54 heavy (non-hydrogen) atoms. The molecule has 0 unspecified atom stereocenters. The summed E-state index contributed by atoms with van der Waals surface area (Å²) in [7, 11) is 0. The number of carboxylic acid groups (broad SMARTS) is 1. The lowest BCUT2D eigenvalue weighted by atomic mass is 9.73. The standard InChI is InChI=1S/C43H46N4O7/c48-36-19-17-34(35-18-20-38(50)45-40(35)36)37(49)28-44-24-7-25-47(29-31-8-3-1-4-9-31)41(52)32-15-12-30(13-16-32)14-21-39(51)46-26-22-43(23-27-46,42(53)54)33-10-5-2-6-11-33/h1-6,8-13,15-20,37,44,48-49H,7,14,21-29H2,(H,45,50)(H,53,54)/t37-/m0/s1. The first-order valence-corrected chi connectivity index (χ1v) is 18.4. The zero-order valence-electron chi connectivity index (χ0n) is 30.1. The van der Waals surface area contributed by atoms with Crippen molar-refractivity contribution in [3.05, 3.63) is 147 Å². The van der Waals surface area contributed by atoms with Gasteiger partial charge >= 0.3 is 5.97 Å². The number of hydrogen-bond acceptors (Lipinski definition) is 7. The summed E-state index contributed by atoms with van der Waals surface area (Å²) in [5, 5.41) is 35.0. The minimum Gasteiger partial charge on any atom is -0.506 e. The third kappa shape index (κ3) is 8.87. The molecule has 0 radical (unpaired) electrons. The van der Waals surface area contributed by atoms with Gasteiger partial charge in [-0.15, -0.1) is 0 Å². The van der Waals surface area contributed by atoms with Crippen molar-refractivity contribution in [2.75, 3.05) is 32.7 Å². The van der Waals surface area contributed by atoms with Gasteiger partial charge in [0.1, 0.15) is 5.75 Å². The van der Waals surface area contributed by atoms with Crippen LogP contribution in [0.1, 0.15) is 64.4 Å². The third-order valence-corrected chi connectivity index (χ3v) is 10.4. The lowest BCUT2D eigenvalue weighted by molar-refractivity contribution is -0.148. The van der Waals surface area contributed by atoms with Crippen LogP contribution < -0.4 is 10.9 Å². The van der Waals surface area contributed by atoms with E-state index in [2.05, 4.69) is 10.3 Å². The van der Waals surface area contributed by atoms with Gasteiger partial charge in [-0.2, -0.15) is 0 Å². The average Bonchev–Trinajstić information content (AvgIpc) is 3.20. The number of carbonyl (C=O) groups is 3. The van der Waals surface area contributed by atoms with Crippen LogP contribution in [0.5, 0.6) is 5.75 Å². The van der Waals surface area contributed by atoms with Gasteiger partial charge in [-0.25, -0.2) is 0 Å². The van der Waals surface area contributed by atoms with Crippen LogP contribution in [-0.2, 0) is 28.0 Å². The van der Waals surface area contributed by atoms with Gasteiger partial charge in [0, 0.05) is 56.2 Å². The summed E-state index contributed by atoms with van der Waals surface area (Å²) in [6, 6.07) is 32.4. The monoisotopic (exact) mass is 730 g/mol. The molecule has 1 atom stereocenters. The van der Waals surface area contributed by atoms with Gasteiger partial charge in [-0.3, -0.25) is 19.2 Å². The molecule has 0 saturated carbocycles. The molecule has 0 aliphatic carbocycles. The van der Waals surface area contributed by atoms with Crippen LogP contribution in [0.4, 0.5) is 0 Å².